The molecule has 1 fully saturated rings. The van der Waals surface area contributed by atoms with Crippen LogP contribution >= 0.6 is 11.8 Å². The smallest absolute Gasteiger partial charge is 0.0251 e. The van der Waals surface area contributed by atoms with Gasteiger partial charge in [-0.2, -0.15) is 0 Å². The Bertz CT molecular complexity index is 373. The van der Waals surface area contributed by atoms with Crippen LogP contribution < -0.4 is 5.73 Å². The van der Waals surface area contributed by atoms with Crippen molar-refractivity contribution >= 4 is 11.8 Å². The third kappa shape index (κ3) is 2.44. The van der Waals surface area contributed by atoms with Gasteiger partial charge in [-0.3, -0.25) is 0 Å². The second kappa shape index (κ2) is 4.42. The van der Waals surface area contributed by atoms with Crippen molar-refractivity contribution in [3.63, 3.8) is 0 Å². The van der Waals surface area contributed by atoms with Crippen LogP contribution in [0.5, 0.6) is 0 Å². The molecule has 2 heteroatoms. The molecule has 0 saturated heterocycles. The van der Waals surface area contributed by atoms with Gasteiger partial charge in [0.05, 0.1) is 0 Å². The van der Waals surface area contributed by atoms with Crippen LogP contribution in [0.3, 0.4) is 0 Å². The van der Waals surface area contributed by atoms with Crippen LogP contribution in [0.2, 0.25) is 0 Å². The molecular formula is C14H21NS. The first-order valence-corrected chi connectivity index (χ1v) is 6.86. The molecule has 1 aliphatic rings. The van der Waals surface area contributed by atoms with E-state index in [1.807, 2.05) is 11.8 Å². The van der Waals surface area contributed by atoms with Crippen LogP contribution in [-0.4, -0.2) is 11.3 Å². The van der Waals surface area contributed by atoms with E-state index in [2.05, 4.69) is 45.0 Å². The minimum Gasteiger partial charge on any atom is -0.326 e. The predicted octanol–water partition coefficient (Wildman–Crippen LogP) is 3.60. The summed E-state index contributed by atoms with van der Waals surface area (Å²) >= 11 is 1.95. The quantitative estimate of drug-likeness (QED) is 0.847. The van der Waals surface area contributed by atoms with E-state index in [4.69, 9.17) is 5.73 Å². The lowest BCUT2D eigenvalue weighted by Gasteiger charge is -2.26. The fourth-order valence-electron chi connectivity index (χ4n) is 2.36. The Morgan fingerprint density at radius 2 is 2.12 bits per heavy atom. The number of rotatable bonds is 2. The molecule has 2 rings (SSSR count). The minimum atomic E-state index is 0.307. The van der Waals surface area contributed by atoms with E-state index >= 15 is 0 Å². The second-order valence-corrected chi connectivity index (χ2v) is 6.84. The highest BCUT2D eigenvalue weighted by atomic mass is 32.2. The van der Waals surface area contributed by atoms with Gasteiger partial charge >= 0.3 is 0 Å². The van der Waals surface area contributed by atoms with Crippen molar-refractivity contribution in [1.82, 2.24) is 0 Å². The van der Waals surface area contributed by atoms with Gasteiger partial charge < -0.3 is 5.73 Å². The van der Waals surface area contributed by atoms with Crippen LogP contribution in [0.1, 0.15) is 32.3 Å². The monoisotopic (exact) mass is 235 g/mol. The summed E-state index contributed by atoms with van der Waals surface area (Å²) in [4.78, 5) is 1.36. The largest absolute Gasteiger partial charge is 0.326 e. The summed E-state index contributed by atoms with van der Waals surface area (Å²) in [5.74, 6) is 0. The van der Waals surface area contributed by atoms with Crippen molar-refractivity contribution in [2.45, 2.75) is 49.8 Å². The number of thioether (sulfide) groups is 1. The van der Waals surface area contributed by atoms with Gasteiger partial charge in [0, 0.05) is 16.2 Å². The average molecular weight is 235 g/mol. The molecule has 0 aliphatic heterocycles. The van der Waals surface area contributed by atoms with Crippen molar-refractivity contribution in [3.05, 3.63) is 29.8 Å². The van der Waals surface area contributed by atoms with E-state index in [0.717, 1.165) is 0 Å². The molecule has 2 unspecified atom stereocenters. The zero-order chi connectivity index (χ0) is 11.8. The number of aryl methyl sites for hydroxylation is 1. The normalized spacial score (nSPS) is 28.2. The zero-order valence-corrected chi connectivity index (χ0v) is 11.2. The summed E-state index contributed by atoms with van der Waals surface area (Å²) < 4.78 is 0. The maximum atomic E-state index is 6.32. The Labute approximate surface area is 103 Å². The number of hydrogen-bond donors (Lipinski definition) is 1. The summed E-state index contributed by atoms with van der Waals surface area (Å²) in [6.07, 6.45) is 2.49. The third-order valence-corrected chi connectivity index (χ3v) is 5.01. The standard InChI is InChI=1S/C14H21NS/c1-10-5-4-6-11(9-10)16-12-7-8-14(2,3)13(12)15/h4-6,9,12-13H,7-8,15H2,1-3H3. The van der Waals surface area contributed by atoms with Crippen LogP contribution in [0, 0.1) is 12.3 Å². The van der Waals surface area contributed by atoms with Crippen LogP contribution in [0.25, 0.3) is 0 Å². The molecule has 1 aromatic rings. The summed E-state index contributed by atoms with van der Waals surface area (Å²) in [5, 5.41) is 0.580. The van der Waals surface area contributed by atoms with Gasteiger partial charge in [-0.25, -0.2) is 0 Å². The molecule has 0 bridgehead atoms. The van der Waals surface area contributed by atoms with Crippen LogP contribution in [-0.2, 0) is 0 Å². The van der Waals surface area contributed by atoms with Gasteiger partial charge in [0.2, 0.25) is 0 Å². The molecule has 2 atom stereocenters. The lowest BCUT2D eigenvalue weighted by atomic mass is 9.88. The van der Waals surface area contributed by atoms with Crippen LogP contribution in [0.4, 0.5) is 0 Å². The minimum absolute atomic E-state index is 0.307. The second-order valence-electron chi connectivity index (χ2n) is 5.53. The van der Waals surface area contributed by atoms with Gasteiger partial charge in [0.15, 0.2) is 0 Å². The fraction of sp³-hybridized carbons (Fsp3) is 0.571. The molecule has 1 aromatic carbocycles. The van der Waals surface area contributed by atoms with Crippen molar-refractivity contribution in [2.75, 3.05) is 0 Å². The first kappa shape index (κ1) is 12.0. The molecule has 0 radical (unpaired) electrons. The highest BCUT2D eigenvalue weighted by Gasteiger charge is 2.39. The van der Waals surface area contributed by atoms with E-state index in [-0.39, 0.29) is 0 Å². The summed E-state index contributed by atoms with van der Waals surface area (Å²) in [7, 11) is 0. The van der Waals surface area contributed by atoms with E-state index in [1.165, 1.54) is 23.3 Å². The van der Waals surface area contributed by atoms with Crippen molar-refractivity contribution in [1.29, 1.82) is 0 Å². The Hall–Kier alpha value is -0.470. The zero-order valence-electron chi connectivity index (χ0n) is 10.4. The van der Waals surface area contributed by atoms with Gasteiger partial charge in [0.1, 0.15) is 0 Å². The highest BCUT2D eigenvalue weighted by molar-refractivity contribution is 8.00. The number of nitrogens with two attached hydrogens (primary N) is 1. The van der Waals surface area contributed by atoms with Gasteiger partial charge in [-0.15, -0.1) is 11.8 Å². The maximum absolute atomic E-state index is 6.32. The summed E-state index contributed by atoms with van der Waals surface area (Å²) in [6, 6.07) is 9.03. The van der Waals surface area contributed by atoms with E-state index < -0.39 is 0 Å². The lowest BCUT2D eigenvalue weighted by molar-refractivity contribution is 0.334. The Morgan fingerprint density at radius 1 is 1.38 bits per heavy atom. The Balaban J connectivity index is 2.06. The Morgan fingerprint density at radius 3 is 2.69 bits per heavy atom. The molecule has 16 heavy (non-hydrogen) atoms. The molecule has 88 valence electrons. The van der Waals surface area contributed by atoms with E-state index in [0.29, 0.717) is 16.7 Å². The third-order valence-electron chi connectivity index (χ3n) is 3.65. The molecule has 0 amide bonds. The average Bonchev–Trinajstić information content (AvgIpc) is 2.45. The lowest BCUT2D eigenvalue weighted by Crippen LogP contribution is -2.38. The molecular weight excluding hydrogens is 214 g/mol. The molecule has 1 saturated carbocycles. The van der Waals surface area contributed by atoms with E-state index in [9.17, 15) is 0 Å². The van der Waals surface area contributed by atoms with Gasteiger partial charge in [-0.1, -0.05) is 31.5 Å². The molecule has 1 nitrogen and oxygen atoms in total. The summed E-state index contributed by atoms with van der Waals surface area (Å²) in [5.41, 5.74) is 7.96. The topological polar surface area (TPSA) is 26.0 Å². The fourth-order valence-corrected chi connectivity index (χ4v) is 3.87. The first-order chi connectivity index (χ1) is 7.49. The van der Waals surface area contributed by atoms with Gasteiger partial charge in [-0.05, 0) is 37.3 Å². The molecule has 0 aromatic heterocycles. The SMILES string of the molecule is Cc1cccc(SC2CCC(C)(C)C2N)c1. The predicted molar refractivity (Wildman–Crippen MR) is 71.8 cm³/mol. The summed E-state index contributed by atoms with van der Waals surface area (Å²) in [6.45, 7) is 6.71. The molecule has 0 heterocycles. The van der Waals surface area contributed by atoms with Gasteiger partial charge in [0.25, 0.3) is 0 Å². The van der Waals surface area contributed by atoms with Crippen molar-refractivity contribution < 1.29 is 0 Å². The highest BCUT2D eigenvalue weighted by Crippen LogP contribution is 2.43. The maximum Gasteiger partial charge on any atom is 0.0251 e. The number of benzene rings is 1. The first-order valence-electron chi connectivity index (χ1n) is 5.98. The van der Waals surface area contributed by atoms with Crippen molar-refractivity contribution in [3.8, 4) is 0 Å². The van der Waals surface area contributed by atoms with E-state index in [1.54, 1.807) is 0 Å². The van der Waals surface area contributed by atoms with Crippen LogP contribution in [0.15, 0.2) is 29.2 Å². The molecule has 0 spiro atoms. The van der Waals surface area contributed by atoms with Crippen molar-refractivity contribution in [2.24, 2.45) is 11.1 Å². The Kier molecular flexibility index (Phi) is 3.32. The molecule has 1 aliphatic carbocycles. The number of hydrogen-bond acceptors (Lipinski definition) is 2. The molecule has 2 N–H and O–H groups in total.